The molecule has 3 aromatic rings. The minimum atomic E-state index is -0.0514. The molecule has 92 valence electrons. The molecule has 3 rings (SSSR count). The Kier molecular flexibility index (Phi) is 2.64. The van der Waals surface area contributed by atoms with Gasteiger partial charge in [-0.2, -0.15) is 0 Å². The van der Waals surface area contributed by atoms with Gasteiger partial charge in [-0.05, 0) is 23.9 Å². The fourth-order valence-electron chi connectivity index (χ4n) is 1.91. The van der Waals surface area contributed by atoms with Crippen LogP contribution >= 0.6 is 11.3 Å². The minimum absolute atomic E-state index is 0.0514. The monoisotopic (exact) mass is 260 g/mol. The zero-order chi connectivity index (χ0) is 12.5. The molecule has 0 aromatic carbocycles. The van der Waals surface area contributed by atoms with E-state index in [1.165, 1.54) is 4.88 Å². The third-order valence-electron chi connectivity index (χ3n) is 2.81. The summed E-state index contributed by atoms with van der Waals surface area (Å²) < 4.78 is 1.62. The van der Waals surface area contributed by atoms with Gasteiger partial charge in [-0.15, -0.1) is 11.3 Å². The lowest BCUT2D eigenvalue weighted by Gasteiger charge is -2.03. The van der Waals surface area contributed by atoms with E-state index in [9.17, 15) is 4.79 Å². The van der Waals surface area contributed by atoms with Crippen molar-refractivity contribution in [2.45, 2.75) is 13.0 Å². The Morgan fingerprint density at radius 3 is 3.17 bits per heavy atom. The van der Waals surface area contributed by atoms with Crippen LogP contribution < -0.4 is 11.3 Å². The fraction of sp³-hybridized carbons (Fsp3) is 0.167. The number of nitrogen functional groups attached to an aromatic ring is 1. The summed E-state index contributed by atoms with van der Waals surface area (Å²) in [6, 6.07) is 5.71. The van der Waals surface area contributed by atoms with E-state index in [1.54, 1.807) is 28.3 Å². The summed E-state index contributed by atoms with van der Waals surface area (Å²) in [4.78, 5) is 20.5. The highest BCUT2D eigenvalue weighted by atomic mass is 32.1. The second-order valence-electron chi connectivity index (χ2n) is 4.06. The Labute approximate surface area is 107 Å². The molecule has 0 aliphatic heterocycles. The van der Waals surface area contributed by atoms with Gasteiger partial charge < -0.3 is 10.7 Å². The molecule has 0 fully saturated rings. The van der Waals surface area contributed by atoms with Gasteiger partial charge in [0.05, 0.1) is 11.7 Å². The predicted octanol–water partition coefficient (Wildman–Crippen LogP) is 1.61. The number of aromatic amines is 1. The Balaban J connectivity index is 1.92. The topological polar surface area (TPSA) is 76.7 Å². The molecule has 0 saturated heterocycles. The molecule has 18 heavy (non-hydrogen) atoms. The molecule has 5 nitrogen and oxygen atoms in total. The molecule has 0 bridgehead atoms. The molecule has 0 atom stereocenters. The lowest BCUT2D eigenvalue weighted by Crippen LogP contribution is -2.20. The zero-order valence-electron chi connectivity index (χ0n) is 9.59. The maximum Gasteiger partial charge on any atom is 0.262 e. The van der Waals surface area contributed by atoms with Crippen molar-refractivity contribution in [1.29, 1.82) is 0 Å². The van der Waals surface area contributed by atoms with Crippen LogP contribution in [0.15, 0.2) is 34.7 Å². The van der Waals surface area contributed by atoms with E-state index in [0.717, 1.165) is 6.42 Å². The van der Waals surface area contributed by atoms with E-state index < -0.39 is 0 Å². The van der Waals surface area contributed by atoms with Crippen molar-refractivity contribution in [3.63, 3.8) is 0 Å². The fourth-order valence-corrected chi connectivity index (χ4v) is 2.61. The van der Waals surface area contributed by atoms with Crippen molar-refractivity contribution >= 4 is 28.2 Å². The molecule has 0 aliphatic rings. The van der Waals surface area contributed by atoms with Crippen LogP contribution in [0.3, 0.4) is 0 Å². The van der Waals surface area contributed by atoms with Gasteiger partial charge in [0, 0.05) is 11.4 Å². The Hall–Kier alpha value is -2.08. The van der Waals surface area contributed by atoms with Crippen LogP contribution in [0.4, 0.5) is 5.82 Å². The Morgan fingerprint density at radius 2 is 2.39 bits per heavy atom. The van der Waals surface area contributed by atoms with Crippen LogP contribution in [-0.4, -0.2) is 14.5 Å². The number of H-pyrrole nitrogens is 1. The second kappa shape index (κ2) is 4.30. The molecule has 3 heterocycles. The van der Waals surface area contributed by atoms with Crippen molar-refractivity contribution in [3.05, 3.63) is 45.1 Å². The number of hydrogen-bond acceptors (Lipinski definition) is 4. The van der Waals surface area contributed by atoms with Crippen molar-refractivity contribution in [3.8, 4) is 0 Å². The summed E-state index contributed by atoms with van der Waals surface area (Å²) in [5.41, 5.74) is 6.11. The molecule has 3 aromatic heterocycles. The number of rotatable bonds is 3. The summed E-state index contributed by atoms with van der Waals surface area (Å²) in [5.74, 6) is 0.464. The minimum Gasteiger partial charge on any atom is -0.385 e. The molecular weight excluding hydrogens is 248 g/mol. The molecule has 0 aliphatic carbocycles. The maximum atomic E-state index is 12.2. The molecule has 0 saturated carbocycles. The van der Waals surface area contributed by atoms with Crippen LogP contribution in [0, 0.1) is 0 Å². The third-order valence-corrected chi connectivity index (χ3v) is 3.75. The quantitative estimate of drug-likeness (QED) is 0.751. The Morgan fingerprint density at radius 1 is 1.50 bits per heavy atom. The summed E-state index contributed by atoms with van der Waals surface area (Å²) in [7, 11) is 0. The number of anilines is 1. The van der Waals surface area contributed by atoms with Crippen molar-refractivity contribution in [2.24, 2.45) is 0 Å². The molecule has 0 radical (unpaired) electrons. The average molecular weight is 260 g/mol. The van der Waals surface area contributed by atoms with E-state index in [0.29, 0.717) is 23.4 Å². The number of fused-ring (bicyclic) bond motifs is 1. The van der Waals surface area contributed by atoms with Gasteiger partial charge in [0.1, 0.15) is 11.5 Å². The molecule has 6 heteroatoms. The highest BCUT2D eigenvalue weighted by Crippen LogP contribution is 2.11. The van der Waals surface area contributed by atoms with Crippen LogP contribution in [0.2, 0.25) is 0 Å². The van der Waals surface area contributed by atoms with Crippen LogP contribution in [0.1, 0.15) is 4.88 Å². The SMILES string of the molecule is Nc1cc2c(=O)n(CCc3cccs3)cnc2[nH]1. The number of thiophene rings is 1. The first kappa shape index (κ1) is 11.0. The van der Waals surface area contributed by atoms with E-state index in [1.807, 2.05) is 11.4 Å². The van der Waals surface area contributed by atoms with E-state index in [2.05, 4.69) is 16.0 Å². The molecule has 0 spiro atoms. The van der Waals surface area contributed by atoms with E-state index >= 15 is 0 Å². The summed E-state index contributed by atoms with van der Waals surface area (Å²) in [6.07, 6.45) is 2.40. The van der Waals surface area contributed by atoms with Gasteiger partial charge in [0.2, 0.25) is 0 Å². The van der Waals surface area contributed by atoms with E-state index in [4.69, 9.17) is 5.73 Å². The van der Waals surface area contributed by atoms with Crippen molar-refractivity contribution in [2.75, 3.05) is 5.73 Å². The maximum absolute atomic E-state index is 12.2. The zero-order valence-corrected chi connectivity index (χ0v) is 10.4. The van der Waals surface area contributed by atoms with Crippen LogP contribution in [0.5, 0.6) is 0 Å². The highest BCUT2D eigenvalue weighted by molar-refractivity contribution is 7.09. The van der Waals surface area contributed by atoms with Gasteiger partial charge in [0.25, 0.3) is 5.56 Å². The number of nitrogens with zero attached hydrogens (tertiary/aromatic N) is 2. The predicted molar refractivity (Wildman–Crippen MR) is 72.8 cm³/mol. The van der Waals surface area contributed by atoms with E-state index in [-0.39, 0.29) is 5.56 Å². The molecule has 0 unspecified atom stereocenters. The molecule has 3 N–H and O–H groups in total. The van der Waals surface area contributed by atoms with Gasteiger partial charge in [-0.1, -0.05) is 6.07 Å². The lowest BCUT2D eigenvalue weighted by molar-refractivity contribution is 0.667. The first-order valence-corrected chi connectivity index (χ1v) is 6.48. The van der Waals surface area contributed by atoms with Crippen molar-refractivity contribution in [1.82, 2.24) is 14.5 Å². The first-order valence-electron chi connectivity index (χ1n) is 5.60. The van der Waals surface area contributed by atoms with Crippen molar-refractivity contribution < 1.29 is 0 Å². The van der Waals surface area contributed by atoms with Gasteiger partial charge in [0.15, 0.2) is 0 Å². The van der Waals surface area contributed by atoms with Gasteiger partial charge in [-0.3, -0.25) is 9.36 Å². The average Bonchev–Trinajstić information content (AvgIpc) is 2.97. The van der Waals surface area contributed by atoms with Gasteiger partial charge in [-0.25, -0.2) is 4.98 Å². The second-order valence-corrected chi connectivity index (χ2v) is 5.09. The highest BCUT2D eigenvalue weighted by Gasteiger charge is 2.06. The number of aromatic nitrogens is 3. The number of hydrogen-bond donors (Lipinski definition) is 2. The number of aryl methyl sites for hydroxylation is 2. The third kappa shape index (κ3) is 1.91. The number of nitrogens with two attached hydrogens (primary N) is 1. The summed E-state index contributed by atoms with van der Waals surface area (Å²) in [5, 5.41) is 2.58. The normalized spacial score (nSPS) is 11.1. The van der Waals surface area contributed by atoms with Crippen LogP contribution in [-0.2, 0) is 13.0 Å². The largest absolute Gasteiger partial charge is 0.385 e. The Bertz CT molecular complexity index is 726. The smallest absolute Gasteiger partial charge is 0.262 e. The van der Waals surface area contributed by atoms with Gasteiger partial charge >= 0.3 is 0 Å². The molecular formula is C12H12N4OS. The lowest BCUT2D eigenvalue weighted by atomic mass is 10.3. The molecule has 0 amide bonds. The van der Waals surface area contributed by atoms with Crippen LogP contribution in [0.25, 0.3) is 11.0 Å². The first-order chi connectivity index (χ1) is 8.74. The summed E-state index contributed by atoms with van der Waals surface area (Å²) in [6.45, 7) is 0.632. The number of nitrogens with one attached hydrogen (secondary N) is 1. The standard InChI is InChI=1S/C12H12N4OS/c13-10-6-9-11(15-10)14-7-16(12(9)17)4-3-8-2-1-5-18-8/h1-2,5-7,15H,3-4,13H2. The summed E-state index contributed by atoms with van der Waals surface area (Å²) >= 11 is 1.69.